The van der Waals surface area contributed by atoms with E-state index < -0.39 is 0 Å². The Morgan fingerprint density at radius 1 is 1.38 bits per heavy atom. The maximum absolute atomic E-state index is 4.94. The maximum Gasteiger partial charge on any atom is 0.144 e. The Hall–Kier alpha value is -1.20. The van der Waals surface area contributed by atoms with Gasteiger partial charge in [-0.1, -0.05) is 0 Å². The van der Waals surface area contributed by atoms with Crippen molar-refractivity contribution >= 4 is 5.82 Å². The van der Waals surface area contributed by atoms with Crippen LogP contribution in [0.3, 0.4) is 0 Å². The molecule has 5 nitrogen and oxygen atoms in total. The Balaban J connectivity index is 1.74. The van der Waals surface area contributed by atoms with E-state index in [0.717, 1.165) is 24.6 Å². The van der Waals surface area contributed by atoms with Crippen LogP contribution >= 0.6 is 0 Å². The fraction of sp³-hybridized carbons (Fsp3) is 0.636. The van der Waals surface area contributed by atoms with Gasteiger partial charge in [-0.15, -0.1) is 0 Å². The van der Waals surface area contributed by atoms with E-state index in [1.54, 1.807) is 13.3 Å². The van der Waals surface area contributed by atoms with Gasteiger partial charge in [0.05, 0.1) is 24.7 Å². The van der Waals surface area contributed by atoms with Gasteiger partial charge in [-0.2, -0.15) is 0 Å². The number of hydrogen-bond donors (Lipinski definition) is 2. The van der Waals surface area contributed by atoms with Gasteiger partial charge < -0.3 is 15.4 Å². The van der Waals surface area contributed by atoms with E-state index in [2.05, 4.69) is 20.6 Å². The Morgan fingerprint density at radius 3 is 2.88 bits per heavy atom. The van der Waals surface area contributed by atoms with Crippen LogP contribution in [0.1, 0.15) is 18.5 Å². The minimum absolute atomic E-state index is 0.673. The minimum Gasteiger partial charge on any atom is -0.383 e. The SMILES string of the molecule is COCCNc1cnc(CNC2CC2)cn1. The van der Waals surface area contributed by atoms with Crippen molar-refractivity contribution in [2.75, 3.05) is 25.6 Å². The van der Waals surface area contributed by atoms with E-state index in [1.165, 1.54) is 12.8 Å². The highest BCUT2D eigenvalue weighted by atomic mass is 16.5. The molecule has 5 heteroatoms. The van der Waals surface area contributed by atoms with Crippen LogP contribution in [0.25, 0.3) is 0 Å². The van der Waals surface area contributed by atoms with Crippen molar-refractivity contribution in [1.82, 2.24) is 15.3 Å². The van der Waals surface area contributed by atoms with Crippen LogP contribution in [0.4, 0.5) is 5.82 Å². The quantitative estimate of drug-likeness (QED) is 0.668. The third-order valence-corrected chi connectivity index (χ3v) is 2.47. The monoisotopic (exact) mass is 222 g/mol. The molecule has 2 N–H and O–H groups in total. The lowest BCUT2D eigenvalue weighted by molar-refractivity contribution is 0.210. The van der Waals surface area contributed by atoms with E-state index in [4.69, 9.17) is 4.74 Å². The number of nitrogens with zero attached hydrogens (tertiary/aromatic N) is 2. The number of ether oxygens (including phenoxy) is 1. The molecule has 0 bridgehead atoms. The first-order valence-corrected chi connectivity index (χ1v) is 5.65. The van der Waals surface area contributed by atoms with Gasteiger partial charge in [0.15, 0.2) is 0 Å². The summed E-state index contributed by atoms with van der Waals surface area (Å²) in [4.78, 5) is 8.61. The largest absolute Gasteiger partial charge is 0.383 e. The van der Waals surface area contributed by atoms with Crippen LogP contribution in [0, 0.1) is 0 Å². The van der Waals surface area contributed by atoms with Gasteiger partial charge in [0.1, 0.15) is 5.82 Å². The standard InChI is InChI=1S/C11H18N4O/c1-16-5-4-12-11-8-14-10(7-15-11)6-13-9-2-3-9/h7-9,13H,2-6H2,1H3,(H,12,15). The molecule has 16 heavy (non-hydrogen) atoms. The molecular formula is C11H18N4O. The molecule has 0 amide bonds. The van der Waals surface area contributed by atoms with E-state index in [-0.39, 0.29) is 0 Å². The first kappa shape index (κ1) is 11.3. The first-order valence-electron chi connectivity index (χ1n) is 5.65. The van der Waals surface area contributed by atoms with E-state index in [9.17, 15) is 0 Å². The van der Waals surface area contributed by atoms with Gasteiger partial charge >= 0.3 is 0 Å². The average Bonchev–Trinajstić information content (AvgIpc) is 3.12. The fourth-order valence-electron chi connectivity index (χ4n) is 1.35. The summed E-state index contributed by atoms with van der Waals surface area (Å²) in [6.45, 7) is 2.24. The Morgan fingerprint density at radius 2 is 2.25 bits per heavy atom. The van der Waals surface area contributed by atoms with Crippen LogP contribution in [0.2, 0.25) is 0 Å². The summed E-state index contributed by atoms with van der Waals surface area (Å²) in [5.41, 5.74) is 0.990. The van der Waals surface area contributed by atoms with Gasteiger partial charge in [0.2, 0.25) is 0 Å². The first-order chi connectivity index (χ1) is 7.88. The van der Waals surface area contributed by atoms with Crippen LogP contribution in [-0.4, -0.2) is 36.3 Å². The third kappa shape index (κ3) is 3.75. The average molecular weight is 222 g/mol. The molecule has 88 valence electrons. The molecule has 1 aliphatic carbocycles. The van der Waals surface area contributed by atoms with Gasteiger partial charge in [-0.25, -0.2) is 4.98 Å². The normalized spacial score (nSPS) is 15.1. The predicted octanol–water partition coefficient (Wildman–Crippen LogP) is 0.787. The Labute approximate surface area is 95.6 Å². The zero-order valence-electron chi connectivity index (χ0n) is 9.57. The summed E-state index contributed by atoms with van der Waals surface area (Å²) in [7, 11) is 1.68. The maximum atomic E-state index is 4.94. The van der Waals surface area contributed by atoms with E-state index in [1.807, 2.05) is 6.20 Å². The molecule has 1 aliphatic rings. The van der Waals surface area contributed by atoms with Gasteiger partial charge in [-0.3, -0.25) is 4.98 Å². The molecule has 0 atom stereocenters. The van der Waals surface area contributed by atoms with Crippen molar-refractivity contribution < 1.29 is 4.74 Å². The lowest BCUT2D eigenvalue weighted by Gasteiger charge is -2.05. The molecule has 1 aromatic rings. The van der Waals surface area contributed by atoms with E-state index in [0.29, 0.717) is 12.6 Å². The summed E-state index contributed by atoms with van der Waals surface area (Å²) in [5.74, 6) is 0.798. The second kappa shape index (κ2) is 5.77. The molecule has 2 rings (SSSR count). The number of rotatable bonds is 7. The van der Waals surface area contributed by atoms with Crippen LogP contribution in [0.5, 0.6) is 0 Å². The van der Waals surface area contributed by atoms with Crippen molar-refractivity contribution in [3.05, 3.63) is 18.1 Å². The highest BCUT2D eigenvalue weighted by molar-refractivity contribution is 5.30. The second-order valence-corrected chi connectivity index (χ2v) is 3.97. The molecule has 0 aromatic carbocycles. The van der Waals surface area contributed by atoms with Crippen molar-refractivity contribution in [2.45, 2.75) is 25.4 Å². The van der Waals surface area contributed by atoms with Crippen molar-refractivity contribution in [3.63, 3.8) is 0 Å². The Kier molecular flexibility index (Phi) is 4.07. The number of methoxy groups -OCH3 is 1. The molecular weight excluding hydrogens is 204 g/mol. The van der Waals surface area contributed by atoms with Crippen molar-refractivity contribution in [1.29, 1.82) is 0 Å². The second-order valence-electron chi connectivity index (χ2n) is 3.97. The fourth-order valence-corrected chi connectivity index (χ4v) is 1.35. The molecule has 0 spiro atoms. The number of hydrogen-bond acceptors (Lipinski definition) is 5. The minimum atomic E-state index is 0.673. The zero-order chi connectivity index (χ0) is 11.2. The highest BCUT2D eigenvalue weighted by Gasteiger charge is 2.20. The molecule has 0 unspecified atom stereocenters. The van der Waals surface area contributed by atoms with Gasteiger partial charge in [0.25, 0.3) is 0 Å². The molecule has 1 fully saturated rings. The summed E-state index contributed by atoms with van der Waals surface area (Å²) in [6, 6.07) is 0.710. The predicted molar refractivity (Wildman–Crippen MR) is 62.3 cm³/mol. The summed E-state index contributed by atoms with van der Waals surface area (Å²) >= 11 is 0. The molecule has 1 aromatic heterocycles. The third-order valence-electron chi connectivity index (χ3n) is 2.47. The van der Waals surface area contributed by atoms with Gasteiger partial charge in [-0.05, 0) is 12.8 Å². The number of nitrogens with one attached hydrogen (secondary N) is 2. The summed E-state index contributed by atoms with van der Waals surface area (Å²) < 4.78 is 4.94. The molecule has 0 saturated heterocycles. The van der Waals surface area contributed by atoms with Crippen LogP contribution in [0.15, 0.2) is 12.4 Å². The van der Waals surface area contributed by atoms with Gasteiger partial charge in [0, 0.05) is 26.2 Å². The molecule has 1 heterocycles. The lowest BCUT2D eigenvalue weighted by atomic mass is 10.4. The summed E-state index contributed by atoms with van der Waals surface area (Å²) in [6.07, 6.45) is 6.16. The van der Waals surface area contributed by atoms with E-state index >= 15 is 0 Å². The number of anilines is 1. The zero-order valence-corrected chi connectivity index (χ0v) is 9.57. The smallest absolute Gasteiger partial charge is 0.144 e. The van der Waals surface area contributed by atoms with Crippen LogP contribution in [-0.2, 0) is 11.3 Å². The van der Waals surface area contributed by atoms with Crippen LogP contribution < -0.4 is 10.6 Å². The topological polar surface area (TPSA) is 59.1 Å². The highest BCUT2D eigenvalue weighted by Crippen LogP contribution is 2.18. The lowest BCUT2D eigenvalue weighted by Crippen LogP contribution is -2.16. The number of aromatic nitrogens is 2. The van der Waals surface area contributed by atoms with Crippen molar-refractivity contribution in [2.24, 2.45) is 0 Å². The summed E-state index contributed by atoms with van der Waals surface area (Å²) in [5, 5.41) is 6.53. The molecule has 0 aliphatic heterocycles. The van der Waals surface area contributed by atoms with Crippen molar-refractivity contribution in [3.8, 4) is 0 Å². The Bertz CT molecular complexity index is 310. The molecule has 0 radical (unpaired) electrons. The molecule has 1 saturated carbocycles.